The summed E-state index contributed by atoms with van der Waals surface area (Å²) >= 11 is 1.59. The van der Waals surface area contributed by atoms with Crippen LogP contribution >= 0.6 is 11.3 Å². The Bertz CT molecular complexity index is 311. The molecule has 1 aliphatic rings. The molecule has 90 valence electrons. The lowest BCUT2D eigenvalue weighted by Gasteiger charge is -2.24. The van der Waals surface area contributed by atoms with Crippen LogP contribution in [0.25, 0.3) is 0 Å². The molecule has 0 aromatic carbocycles. The van der Waals surface area contributed by atoms with E-state index in [4.69, 9.17) is 14.2 Å². The Hall–Kier alpha value is -0.740. The van der Waals surface area contributed by atoms with Crippen molar-refractivity contribution in [2.75, 3.05) is 13.2 Å². The summed E-state index contributed by atoms with van der Waals surface area (Å²) in [5.74, 6) is 1.66. The first kappa shape index (κ1) is 11.7. The fraction of sp³-hybridized carbons (Fsp3) is 0.667. The van der Waals surface area contributed by atoms with Crippen LogP contribution in [0.15, 0.2) is 10.8 Å². The molecule has 3 nitrogen and oxygen atoms in total. The predicted octanol–water partition coefficient (Wildman–Crippen LogP) is 3.44. The van der Waals surface area contributed by atoms with Crippen LogP contribution in [0.4, 0.5) is 0 Å². The van der Waals surface area contributed by atoms with Crippen molar-refractivity contribution in [1.82, 2.24) is 0 Å². The predicted molar refractivity (Wildman–Crippen MR) is 64.3 cm³/mol. The Labute approximate surface area is 100 Å². The van der Waals surface area contributed by atoms with Crippen LogP contribution in [0.5, 0.6) is 11.5 Å². The van der Waals surface area contributed by atoms with Gasteiger partial charge in [-0.25, -0.2) is 0 Å². The molecule has 2 rings (SSSR count). The van der Waals surface area contributed by atoms with E-state index in [1.54, 1.807) is 11.3 Å². The summed E-state index contributed by atoms with van der Waals surface area (Å²) in [4.78, 5) is 0. The average molecular weight is 242 g/mol. The molecule has 16 heavy (non-hydrogen) atoms. The van der Waals surface area contributed by atoms with Crippen molar-refractivity contribution in [3.05, 3.63) is 10.8 Å². The van der Waals surface area contributed by atoms with E-state index in [1.165, 1.54) is 19.3 Å². The van der Waals surface area contributed by atoms with Gasteiger partial charge in [-0.15, -0.1) is 11.3 Å². The smallest absolute Gasteiger partial charge is 0.234 e. The Kier molecular flexibility index (Phi) is 4.48. The zero-order chi connectivity index (χ0) is 11.2. The Balaban J connectivity index is 1.65. The lowest BCUT2D eigenvalue weighted by Crippen LogP contribution is -2.31. The molecule has 2 heterocycles. The Morgan fingerprint density at radius 2 is 2.19 bits per heavy atom. The van der Waals surface area contributed by atoms with E-state index in [0.717, 1.165) is 24.5 Å². The summed E-state index contributed by atoms with van der Waals surface area (Å²) in [5, 5.41) is 3.90. The van der Waals surface area contributed by atoms with Gasteiger partial charge in [0.25, 0.3) is 0 Å². The number of unbranched alkanes of at least 4 members (excludes halogenated alkanes) is 3. The van der Waals surface area contributed by atoms with Gasteiger partial charge in [0.05, 0.1) is 6.61 Å². The van der Waals surface area contributed by atoms with E-state index in [2.05, 4.69) is 6.92 Å². The van der Waals surface area contributed by atoms with E-state index < -0.39 is 0 Å². The number of rotatable bonds is 6. The second-order valence-corrected chi connectivity index (χ2v) is 4.63. The van der Waals surface area contributed by atoms with Crippen molar-refractivity contribution in [3.63, 3.8) is 0 Å². The maximum Gasteiger partial charge on any atom is 0.234 e. The highest BCUT2D eigenvalue weighted by Crippen LogP contribution is 2.35. The second-order valence-electron chi connectivity index (χ2n) is 3.89. The molecule has 0 bridgehead atoms. The zero-order valence-corrected chi connectivity index (χ0v) is 10.4. The molecule has 1 aromatic heterocycles. The minimum Gasteiger partial charge on any atom is -0.482 e. The molecule has 0 radical (unpaired) electrons. The summed E-state index contributed by atoms with van der Waals surface area (Å²) in [5.41, 5.74) is 0. The standard InChI is InChI=1S/C12H18O3S/c1-2-3-4-5-6-13-12-7-14-10-8-16-9-11(10)15-12/h8-9,12H,2-7H2,1H3. The zero-order valence-electron chi connectivity index (χ0n) is 9.61. The monoisotopic (exact) mass is 242 g/mol. The van der Waals surface area contributed by atoms with E-state index >= 15 is 0 Å². The molecule has 1 aromatic rings. The van der Waals surface area contributed by atoms with Crippen LogP contribution in [0.2, 0.25) is 0 Å². The summed E-state index contributed by atoms with van der Waals surface area (Å²) in [7, 11) is 0. The van der Waals surface area contributed by atoms with Crippen molar-refractivity contribution < 1.29 is 14.2 Å². The van der Waals surface area contributed by atoms with Crippen molar-refractivity contribution >= 4 is 11.3 Å². The number of hydrogen-bond donors (Lipinski definition) is 0. The van der Waals surface area contributed by atoms with Crippen molar-refractivity contribution in [2.45, 2.75) is 38.9 Å². The number of ether oxygens (including phenoxy) is 3. The number of hydrogen-bond acceptors (Lipinski definition) is 4. The SMILES string of the molecule is CCCCCCOC1COc2cscc2O1. The van der Waals surface area contributed by atoms with Gasteiger partial charge >= 0.3 is 0 Å². The third-order valence-electron chi connectivity index (χ3n) is 2.53. The third kappa shape index (κ3) is 3.12. The minimum atomic E-state index is -0.233. The van der Waals surface area contributed by atoms with Gasteiger partial charge in [0, 0.05) is 10.8 Å². The van der Waals surface area contributed by atoms with Crippen molar-refractivity contribution in [1.29, 1.82) is 0 Å². The van der Waals surface area contributed by atoms with Crippen LogP contribution in [0.3, 0.4) is 0 Å². The van der Waals surface area contributed by atoms with Crippen LogP contribution in [0.1, 0.15) is 32.6 Å². The van der Waals surface area contributed by atoms with Gasteiger partial charge in [-0.05, 0) is 6.42 Å². The first-order valence-electron chi connectivity index (χ1n) is 5.87. The van der Waals surface area contributed by atoms with E-state index in [0.29, 0.717) is 6.61 Å². The molecular weight excluding hydrogens is 224 g/mol. The first-order valence-corrected chi connectivity index (χ1v) is 6.81. The molecule has 4 heteroatoms. The quantitative estimate of drug-likeness (QED) is 0.715. The summed E-state index contributed by atoms with van der Waals surface area (Å²) < 4.78 is 16.8. The number of fused-ring (bicyclic) bond motifs is 1. The molecule has 1 unspecified atom stereocenters. The highest BCUT2D eigenvalue weighted by Gasteiger charge is 2.21. The normalized spacial score (nSPS) is 18.7. The molecule has 0 saturated carbocycles. The minimum absolute atomic E-state index is 0.233. The van der Waals surface area contributed by atoms with Gasteiger partial charge in [0.1, 0.15) is 0 Å². The molecule has 1 atom stereocenters. The molecule has 0 spiro atoms. The van der Waals surface area contributed by atoms with Gasteiger partial charge in [-0.2, -0.15) is 0 Å². The maximum atomic E-state index is 5.64. The van der Waals surface area contributed by atoms with Crippen molar-refractivity contribution in [2.24, 2.45) is 0 Å². The van der Waals surface area contributed by atoms with E-state index in [9.17, 15) is 0 Å². The molecule has 0 fully saturated rings. The van der Waals surface area contributed by atoms with Crippen LogP contribution in [0, 0.1) is 0 Å². The molecule has 0 saturated heterocycles. The second kappa shape index (κ2) is 6.11. The fourth-order valence-corrected chi connectivity index (χ4v) is 2.30. The summed E-state index contributed by atoms with van der Waals surface area (Å²) in [6.07, 6.45) is 4.63. The van der Waals surface area contributed by atoms with Gasteiger partial charge in [-0.1, -0.05) is 26.2 Å². The molecular formula is C12H18O3S. The average Bonchev–Trinajstić information content (AvgIpc) is 2.76. The summed E-state index contributed by atoms with van der Waals surface area (Å²) in [6, 6.07) is 0. The molecule has 0 aliphatic carbocycles. The van der Waals surface area contributed by atoms with Gasteiger partial charge in [0.15, 0.2) is 18.1 Å². The van der Waals surface area contributed by atoms with Gasteiger partial charge in [-0.3, -0.25) is 0 Å². The van der Waals surface area contributed by atoms with E-state index in [1.807, 2.05) is 10.8 Å². The molecule has 0 amide bonds. The molecule has 1 aliphatic heterocycles. The van der Waals surface area contributed by atoms with Gasteiger partial charge < -0.3 is 14.2 Å². The third-order valence-corrected chi connectivity index (χ3v) is 3.23. The van der Waals surface area contributed by atoms with Crippen molar-refractivity contribution in [3.8, 4) is 11.5 Å². The topological polar surface area (TPSA) is 27.7 Å². The lowest BCUT2D eigenvalue weighted by molar-refractivity contribution is -0.116. The first-order chi connectivity index (χ1) is 7.90. The van der Waals surface area contributed by atoms with Gasteiger partial charge in [0.2, 0.25) is 6.29 Å². The molecule has 0 N–H and O–H groups in total. The highest BCUT2D eigenvalue weighted by molar-refractivity contribution is 7.08. The maximum absolute atomic E-state index is 5.64. The number of thiophene rings is 1. The van der Waals surface area contributed by atoms with E-state index in [-0.39, 0.29) is 6.29 Å². The Morgan fingerprint density at radius 3 is 3.06 bits per heavy atom. The summed E-state index contributed by atoms with van der Waals surface area (Å²) in [6.45, 7) is 3.46. The van der Waals surface area contributed by atoms with Crippen LogP contribution in [-0.2, 0) is 4.74 Å². The fourth-order valence-electron chi connectivity index (χ4n) is 1.62. The largest absolute Gasteiger partial charge is 0.482 e. The lowest BCUT2D eigenvalue weighted by atomic mass is 10.2. The van der Waals surface area contributed by atoms with Crippen LogP contribution < -0.4 is 9.47 Å². The van der Waals surface area contributed by atoms with Crippen LogP contribution in [-0.4, -0.2) is 19.5 Å². The highest BCUT2D eigenvalue weighted by atomic mass is 32.1. The Morgan fingerprint density at radius 1 is 1.31 bits per heavy atom.